The molecule has 2 rings (SSSR count). The minimum atomic E-state index is 0.658. The highest BCUT2D eigenvalue weighted by Gasteiger charge is 2.05. The SMILES string of the molecule is CC.COCc1cc(C)ccc1-c1ccc(C)cc1. The molecule has 0 saturated carbocycles. The predicted octanol–water partition coefficient (Wildman–Crippen LogP) is 5.14. The standard InChI is InChI=1S/C16H18O.C2H6/c1-12-4-7-14(8-5-12)16-9-6-13(2)10-15(16)11-17-3;1-2/h4-10H,11H2,1-3H3;1-2H3. The molecular formula is C18H24O. The van der Waals surface area contributed by atoms with Gasteiger partial charge in [-0.25, -0.2) is 0 Å². The van der Waals surface area contributed by atoms with Gasteiger partial charge in [0.2, 0.25) is 0 Å². The Kier molecular flexibility index (Phi) is 6.31. The van der Waals surface area contributed by atoms with Gasteiger partial charge in [0.15, 0.2) is 0 Å². The van der Waals surface area contributed by atoms with Crippen molar-refractivity contribution >= 4 is 0 Å². The monoisotopic (exact) mass is 256 g/mol. The van der Waals surface area contributed by atoms with Crippen molar-refractivity contribution in [1.82, 2.24) is 0 Å². The van der Waals surface area contributed by atoms with Gasteiger partial charge < -0.3 is 4.74 Å². The molecule has 19 heavy (non-hydrogen) atoms. The van der Waals surface area contributed by atoms with E-state index in [0.29, 0.717) is 6.61 Å². The Labute approximate surface area is 117 Å². The Bertz CT molecular complexity index is 498. The molecule has 0 heterocycles. The van der Waals surface area contributed by atoms with Gasteiger partial charge in [0.05, 0.1) is 6.61 Å². The smallest absolute Gasteiger partial charge is 0.0719 e. The van der Waals surface area contributed by atoms with Gasteiger partial charge in [0.25, 0.3) is 0 Å². The van der Waals surface area contributed by atoms with Crippen LogP contribution in [-0.2, 0) is 11.3 Å². The molecule has 102 valence electrons. The molecule has 0 aromatic heterocycles. The van der Waals surface area contributed by atoms with Crippen LogP contribution in [0.15, 0.2) is 42.5 Å². The third kappa shape index (κ3) is 4.22. The van der Waals surface area contributed by atoms with E-state index in [1.54, 1.807) is 7.11 Å². The van der Waals surface area contributed by atoms with Crippen molar-refractivity contribution in [2.75, 3.05) is 7.11 Å². The topological polar surface area (TPSA) is 9.23 Å². The highest BCUT2D eigenvalue weighted by molar-refractivity contribution is 5.68. The lowest BCUT2D eigenvalue weighted by Gasteiger charge is -2.10. The summed E-state index contributed by atoms with van der Waals surface area (Å²) < 4.78 is 5.27. The first-order valence-electron chi connectivity index (χ1n) is 6.86. The molecule has 0 aliphatic heterocycles. The van der Waals surface area contributed by atoms with E-state index in [0.717, 1.165) is 0 Å². The van der Waals surface area contributed by atoms with Gasteiger partial charge in [-0.15, -0.1) is 0 Å². The van der Waals surface area contributed by atoms with E-state index in [2.05, 4.69) is 56.3 Å². The molecule has 0 fully saturated rings. The zero-order chi connectivity index (χ0) is 14.3. The van der Waals surface area contributed by atoms with E-state index in [1.165, 1.54) is 27.8 Å². The summed E-state index contributed by atoms with van der Waals surface area (Å²) in [6, 6.07) is 15.1. The highest BCUT2D eigenvalue weighted by Crippen LogP contribution is 2.25. The molecule has 1 heteroatoms. The zero-order valence-electron chi connectivity index (χ0n) is 12.7. The maximum absolute atomic E-state index is 5.27. The minimum Gasteiger partial charge on any atom is -0.380 e. The number of aryl methyl sites for hydroxylation is 2. The Morgan fingerprint density at radius 2 is 1.42 bits per heavy atom. The number of ether oxygens (including phenoxy) is 1. The van der Waals surface area contributed by atoms with Crippen LogP contribution in [0.25, 0.3) is 11.1 Å². The van der Waals surface area contributed by atoms with E-state index in [1.807, 2.05) is 13.8 Å². The Morgan fingerprint density at radius 1 is 0.842 bits per heavy atom. The fraction of sp³-hybridized carbons (Fsp3) is 0.333. The molecule has 0 aliphatic carbocycles. The van der Waals surface area contributed by atoms with Gasteiger partial charge >= 0.3 is 0 Å². The number of rotatable bonds is 3. The van der Waals surface area contributed by atoms with Gasteiger partial charge in [-0.3, -0.25) is 0 Å². The van der Waals surface area contributed by atoms with E-state index < -0.39 is 0 Å². The van der Waals surface area contributed by atoms with Gasteiger partial charge in [-0.1, -0.05) is 67.4 Å². The quantitative estimate of drug-likeness (QED) is 0.738. The fourth-order valence-electron chi connectivity index (χ4n) is 2.01. The van der Waals surface area contributed by atoms with Crippen molar-refractivity contribution in [1.29, 1.82) is 0 Å². The Hall–Kier alpha value is -1.60. The number of methoxy groups -OCH3 is 1. The molecule has 0 atom stereocenters. The Balaban J connectivity index is 0.000000861. The van der Waals surface area contributed by atoms with E-state index in [9.17, 15) is 0 Å². The molecule has 0 bridgehead atoms. The summed E-state index contributed by atoms with van der Waals surface area (Å²) in [4.78, 5) is 0. The molecule has 0 aliphatic rings. The number of benzene rings is 2. The van der Waals surface area contributed by atoms with Gasteiger partial charge in [0, 0.05) is 7.11 Å². The average Bonchev–Trinajstić information content (AvgIpc) is 2.43. The summed E-state index contributed by atoms with van der Waals surface area (Å²) >= 11 is 0. The third-order valence-electron chi connectivity index (χ3n) is 2.92. The van der Waals surface area contributed by atoms with Crippen molar-refractivity contribution in [2.45, 2.75) is 34.3 Å². The van der Waals surface area contributed by atoms with Crippen LogP contribution in [0.1, 0.15) is 30.5 Å². The van der Waals surface area contributed by atoms with Crippen LogP contribution < -0.4 is 0 Å². The van der Waals surface area contributed by atoms with E-state index in [4.69, 9.17) is 4.74 Å². The fourth-order valence-corrected chi connectivity index (χ4v) is 2.01. The van der Waals surface area contributed by atoms with Crippen molar-refractivity contribution in [3.8, 4) is 11.1 Å². The lowest BCUT2D eigenvalue weighted by Crippen LogP contribution is -1.93. The van der Waals surface area contributed by atoms with Crippen LogP contribution in [0, 0.1) is 13.8 Å². The first kappa shape index (κ1) is 15.5. The van der Waals surface area contributed by atoms with Crippen LogP contribution >= 0.6 is 0 Å². The zero-order valence-corrected chi connectivity index (χ0v) is 12.7. The molecule has 2 aromatic carbocycles. The Morgan fingerprint density at radius 3 is 2.00 bits per heavy atom. The molecule has 0 amide bonds. The van der Waals surface area contributed by atoms with Gasteiger partial charge in [-0.2, -0.15) is 0 Å². The largest absolute Gasteiger partial charge is 0.380 e. The number of hydrogen-bond donors (Lipinski definition) is 0. The first-order valence-corrected chi connectivity index (χ1v) is 6.86. The van der Waals surface area contributed by atoms with Crippen LogP contribution in [0.2, 0.25) is 0 Å². The molecular weight excluding hydrogens is 232 g/mol. The summed E-state index contributed by atoms with van der Waals surface area (Å²) in [6.07, 6.45) is 0. The average molecular weight is 256 g/mol. The second kappa shape index (κ2) is 7.75. The minimum absolute atomic E-state index is 0.658. The molecule has 0 unspecified atom stereocenters. The summed E-state index contributed by atoms with van der Waals surface area (Å²) in [5.41, 5.74) is 6.32. The normalized spacial score (nSPS) is 9.74. The maximum atomic E-state index is 5.27. The lowest BCUT2D eigenvalue weighted by molar-refractivity contribution is 0.185. The second-order valence-electron chi connectivity index (χ2n) is 4.46. The van der Waals surface area contributed by atoms with Crippen molar-refractivity contribution in [2.24, 2.45) is 0 Å². The van der Waals surface area contributed by atoms with Crippen LogP contribution in [-0.4, -0.2) is 7.11 Å². The lowest BCUT2D eigenvalue weighted by atomic mass is 9.97. The van der Waals surface area contributed by atoms with Gasteiger partial charge in [-0.05, 0) is 30.5 Å². The first-order chi connectivity index (χ1) is 9.20. The van der Waals surface area contributed by atoms with Crippen LogP contribution in [0.5, 0.6) is 0 Å². The molecule has 0 radical (unpaired) electrons. The summed E-state index contributed by atoms with van der Waals surface area (Å²) in [6.45, 7) is 8.87. The summed E-state index contributed by atoms with van der Waals surface area (Å²) in [7, 11) is 1.74. The molecule has 2 aromatic rings. The number of hydrogen-bond acceptors (Lipinski definition) is 1. The van der Waals surface area contributed by atoms with E-state index >= 15 is 0 Å². The van der Waals surface area contributed by atoms with Crippen molar-refractivity contribution in [3.05, 3.63) is 59.2 Å². The molecule has 0 N–H and O–H groups in total. The maximum Gasteiger partial charge on any atom is 0.0719 e. The summed E-state index contributed by atoms with van der Waals surface area (Å²) in [5.74, 6) is 0. The highest BCUT2D eigenvalue weighted by atomic mass is 16.5. The van der Waals surface area contributed by atoms with E-state index in [-0.39, 0.29) is 0 Å². The van der Waals surface area contributed by atoms with Gasteiger partial charge in [0.1, 0.15) is 0 Å². The molecule has 1 nitrogen and oxygen atoms in total. The van der Waals surface area contributed by atoms with Crippen molar-refractivity contribution in [3.63, 3.8) is 0 Å². The molecule has 0 spiro atoms. The third-order valence-corrected chi connectivity index (χ3v) is 2.92. The molecule has 0 saturated heterocycles. The van der Waals surface area contributed by atoms with Crippen LogP contribution in [0.4, 0.5) is 0 Å². The van der Waals surface area contributed by atoms with Crippen LogP contribution in [0.3, 0.4) is 0 Å². The second-order valence-corrected chi connectivity index (χ2v) is 4.46. The van der Waals surface area contributed by atoms with Crippen molar-refractivity contribution < 1.29 is 4.74 Å². The predicted molar refractivity (Wildman–Crippen MR) is 83.4 cm³/mol. The summed E-state index contributed by atoms with van der Waals surface area (Å²) in [5, 5.41) is 0.